The number of methoxy groups -OCH3 is 1. The minimum absolute atomic E-state index is 0.00418. The van der Waals surface area contributed by atoms with E-state index in [4.69, 9.17) is 9.47 Å². The predicted molar refractivity (Wildman–Crippen MR) is 105 cm³/mol. The molecule has 154 valence electrons. The second-order valence-electron chi connectivity index (χ2n) is 7.02. The molecule has 0 aromatic heterocycles. The van der Waals surface area contributed by atoms with Crippen molar-refractivity contribution in [1.29, 1.82) is 0 Å². The van der Waals surface area contributed by atoms with Crippen LogP contribution in [0.4, 0.5) is 13.6 Å². The van der Waals surface area contributed by atoms with Crippen LogP contribution in [0.5, 0.6) is 11.5 Å². The predicted octanol–water partition coefficient (Wildman–Crippen LogP) is 3.96. The quantitative estimate of drug-likeness (QED) is 0.722. The van der Waals surface area contributed by atoms with Gasteiger partial charge in [0.15, 0.2) is 11.6 Å². The lowest BCUT2D eigenvalue weighted by Gasteiger charge is -2.38. The summed E-state index contributed by atoms with van der Waals surface area (Å²) in [5.41, 5.74) is 0.455. The fraction of sp³-hybridized carbons (Fsp3) is 0.350. The maximum absolute atomic E-state index is 15.5. The summed E-state index contributed by atoms with van der Waals surface area (Å²) in [5.74, 6) is -1.17. The molecule has 0 spiro atoms. The van der Waals surface area contributed by atoms with Gasteiger partial charge in [0, 0.05) is 41.8 Å². The summed E-state index contributed by atoms with van der Waals surface area (Å²) in [4.78, 5) is 14.6. The molecule has 9 heteroatoms. The Labute approximate surface area is 174 Å². The molecular weight excluding hydrogens is 450 g/mol. The number of fused-ring (bicyclic) bond motifs is 2. The number of carbonyl (C=O) groups is 1. The van der Waals surface area contributed by atoms with E-state index in [0.717, 1.165) is 0 Å². The Kier molecular flexibility index (Phi) is 5.35. The standard InChI is InChI=1S/C20H19BrF2N2O4/c1-28-15-4-2-3-13(21)16(15)17-14(22)7-11-8-24-5-6-25(20(26)27)9-12(24)10-29-19(11)18(17)23/h2-4,7,12H,5-6,8-10H2,1H3,(H,26,27)/t12-/m1/s1. The molecular formula is C20H19BrF2N2O4. The Morgan fingerprint density at radius 3 is 2.83 bits per heavy atom. The lowest BCUT2D eigenvalue weighted by atomic mass is 10.00. The highest BCUT2D eigenvalue weighted by atomic mass is 79.9. The molecule has 0 bridgehead atoms. The highest BCUT2D eigenvalue weighted by molar-refractivity contribution is 9.10. The molecule has 0 unspecified atom stereocenters. The van der Waals surface area contributed by atoms with Crippen molar-refractivity contribution in [2.75, 3.05) is 33.4 Å². The summed E-state index contributed by atoms with van der Waals surface area (Å²) >= 11 is 3.35. The lowest BCUT2D eigenvalue weighted by Crippen LogP contribution is -2.55. The van der Waals surface area contributed by atoms with Gasteiger partial charge in [-0.05, 0) is 18.2 Å². The number of hydrogen-bond donors (Lipinski definition) is 1. The molecule has 2 aromatic rings. The zero-order valence-corrected chi connectivity index (χ0v) is 17.2. The SMILES string of the molecule is COc1cccc(Br)c1-c1c(F)cc2c(c1F)OC[C@H]1CN(C(=O)O)CCN1C2. The first-order valence-electron chi connectivity index (χ1n) is 9.09. The molecule has 29 heavy (non-hydrogen) atoms. The van der Waals surface area contributed by atoms with E-state index >= 15 is 8.78 Å². The first kappa shape index (κ1) is 19.9. The Balaban J connectivity index is 1.75. The molecule has 6 nitrogen and oxygen atoms in total. The number of amides is 1. The molecule has 1 atom stereocenters. The molecule has 2 aliphatic heterocycles. The fourth-order valence-electron chi connectivity index (χ4n) is 3.90. The van der Waals surface area contributed by atoms with Crippen LogP contribution in [0.15, 0.2) is 28.7 Å². The topological polar surface area (TPSA) is 62.2 Å². The van der Waals surface area contributed by atoms with Crippen molar-refractivity contribution >= 4 is 22.0 Å². The number of ether oxygens (including phenoxy) is 2. The average Bonchev–Trinajstić information content (AvgIpc) is 2.87. The number of nitrogens with zero attached hydrogens (tertiary/aromatic N) is 2. The van der Waals surface area contributed by atoms with Crippen LogP contribution in [0.1, 0.15) is 5.56 Å². The van der Waals surface area contributed by atoms with E-state index in [9.17, 15) is 9.90 Å². The normalized spacial score (nSPS) is 19.0. The molecule has 2 aliphatic rings. The number of rotatable bonds is 2. The van der Waals surface area contributed by atoms with Crippen LogP contribution in [-0.4, -0.2) is 60.4 Å². The van der Waals surface area contributed by atoms with Gasteiger partial charge in [0.05, 0.1) is 18.7 Å². The van der Waals surface area contributed by atoms with Crippen LogP contribution in [-0.2, 0) is 6.54 Å². The monoisotopic (exact) mass is 468 g/mol. The third-order valence-corrected chi connectivity index (χ3v) is 6.03. The summed E-state index contributed by atoms with van der Waals surface area (Å²) in [6.45, 7) is 1.49. The Hall–Kier alpha value is -2.39. The van der Waals surface area contributed by atoms with E-state index in [2.05, 4.69) is 15.9 Å². The molecule has 0 saturated carbocycles. The summed E-state index contributed by atoms with van der Waals surface area (Å²) in [6, 6.07) is 6.10. The van der Waals surface area contributed by atoms with Gasteiger partial charge in [0.1, 0.15) is 18.2 Å². The number of piperazine rings is 1. The highest BCUT2D eigenvalue weighted by Gasteiger charge is 2.35. The van der Waals surface area contributed by atoms with Crippen LogP contribution < -0.4 is 9.47 Å². The van der Waals surface area contributed by atoms with E-state index in [0.29, 0.717) is 28.9 Å². The van der Waals surface area contributed by atoms with Gasteiger partial charge in [-0.15, -0.1) is 0 Å². The number of hydrogen-bond acceptors (Lipinski definition) is 4. The zero-order chi connectivity index (χ0) is 20.7. The third kappa shape index (κ3) is 3.53. The fourth-order valence-corrected chi connectivity index (χ4v) is 4.45. The molecule has 2 aromatic carbocycles. The van der Waals surface area contributed by atoms with Gasteiger partial charge in [-0.25, -0.2) is 13.6 Å². The minimum atomic E-state index is -0.994. The first-order chi connectivity index (χ1) is 13.9. The Bertz CT molecular complexity index is 972. The third-order valence-electron chi connectivity index (χ3n) is 5.36. The van der Waals surface area contributed by atoms with Crippen molar-refractivity contribution in [1.82, 2.24) is 9.80 Å². The zero-order valence-electron chi connectivity index (χ0n) is 15.6. The van der Waals surface area contributed by atoms with Crippen molar-refractivity contribution in [3.63, 3.8) is 0 Å². The molecule has 0 aliphatic carbocycles. The van der Waals surface area contributed by atoms with Crippen LogP contribution in [0, 0.1) is 11.6 Å². The Morgan fingerprint density at radius 2 is 2.10 bits per heavy atom. The van der Waals surface area contributed by atoms with Gasteiger partial charge in [0.2, 0.25) is 0 Å². The second kappa shape index (κ2) is 7.79. The van der Waals surface area contributed by atoms with Crippen molar-refractivity contribution in [3.05, 3.63) is 45.9 Å². The molecule has 1 N–H and O–H groups in total. The van der Waals surface area contributed by atoms with Crippen LogP contribution >= 0.6 is 15.9 Å². The maximum atomic E-state index is 15.5. The molecule has 0 radical (unpaired) electrons. The van der Waals surface area contributed by atoms with Crippen molar-refractivity contribution < 1.29 is 28.2 Å². The van der Waals surface area contributed by atoms with E-state index in [1.54, 1.807) is 18.2 Å². The second-order valence-corrected chi connectivity index (χ2v) is 7.87. The maximum Gasteiger partial charge on any atom is 0.407 e. The van der Waals surface area contributed by atoms with E-state index in [-0.39, 0.29) is 42.6 Å². The van der Waals surface area contributed by atoms with Gasteiger partial charge in [-0.2, -0.15) is 0 Å². The van der Waals surface area contributed by atoms with Gasteiger partial charge < -0.3 is 19.5 Å². The van der Waals surface area contributed by atoms with Crippen molar-refractivity contribution in [3.8, 4) is 22.6 Å². The van der Waals surface area contributed by atoms with Gasteiger partial charge in [-0.1, -0.05) is 22.0 Å². The Morgan fingerprint density at radius 1 is 1.31 bits per heavy atom. The largest absolute Gasteiger partial charge is 0.496 e. The number of benzene rings is 2. The number of halogens is 3. The highest BCUT2D eigenvalue weighted by Crippen LogP contribution is 2.43. The molecule has 2 heterocycles. The molecule has 1 saturated heterocycles. The average molecular weight is 469 g/mol. The van der Waals surface area contributed by atoms with Gasteiger partial charge >= 0.3 is 6.09 Å². The molecule has 1 amide bonds. The molecule has 1 fully saturated rings. The van der Waals surface area contributed by atoms with Gasteiger partial charge in [0.25, 0.3) is 0 Å². The molecule has 4 rings (SSSR count). The van der Waals surface area contributed by atoms with E-state index in [1.165, 1.54) is 18.1 Å². The number of carboxylic acid groups (broad SMARTS) is 1. The summed E-state index contributed by atoms with van der Waals surface area (Å²) in [7, 11) is 1.44. The van der Waals surface area contributed by atoms with Gasteiger partial charge in [-0.3, -0.25) is 4.90 Å². The van der Waals surface area contributed by atoms with Crippen LogP contribution in [0.2, 0.25) is 0 Å². The first-order valence-corrected chi connectivity index (χ1v) is 9.88. The summed E-state index contributed by atoms with van der Waals surface area (Å²) in [5, 5.41) is 9.23. The van der Waals surface area contributed by atoms with E-state index in [1.807, 2.05) is 4.90 Å². The van der Waals surface area contributed by atoms with E-state index < -0.39 is 17.7 Å². The lowest BCUT2D eigenvalue weighted by molar-refractivity contribution is 0.0499. The minimum Gasteiger partial charge on any atom is -0.496 e. The summed E-state index contributed by atoms with van der Waals surface area (Å²) < 4.78 is 42.1. The van der Waals surface area contributed by atoms with Crippen molar-refractivity contribution in [2.45, 2.75) is 12.6 Å². The van der Waals surface area contributed by atoms with Crippen LogP contribution in [0.3, 0.4) is 0 Å². The van der Waals surface area contributed by atoms with Crippen LogP contribution in [0.25, 0.3) is 11.1 Å². The smallest absolute Gasteiger partial charge is 0.407 e. The van der Waals surface area contributed by atoms with Crippen molar-refractivity contribution in [2.24, 2.45) is 0 Å². The summed E-state index contributed by atoms with van der Waals surface area (Å²) in [6.07, 6.45) is -0.994.